The van der Waals surface area contributed by atoms with Gasteiger partial charge in [-0.15, -0.1) is 0 Å². The molecule has 2 fully saturated rings. The number of hydrogen-bond donors (Lipinski definition) is 2. The number of carbonyl (C=O) groups excluding carboxylic acids is 1. The summed E-state index contributed by atoms with van der Waals surface area (Å²) in [6, 6.07) is 0.399. The molecular formula is C19H35BN3O. The lowest BCUT2D eigenvalue weighted by atomic mass is 9.49. The summed E-state index contributed by atoms with van der Waals surface area (Å²) in [4.78, 5) is 11.1. The molecule has 0 aromatic carbocycles. The first-order valence-electron chi connectivity index (χ1n) is 9.88. The number of rotatable bonds is 5. The number of nitrogens with two attached hydrogens (primary N) is 1. The molecule has 2 aliphatic rings. The van der Waals surface area contributed by atoms with Crippen LogP contribution in [0.5, 0.6) is 0 Å². The molecule has 135 valence electrons. The van der Waals surface area contributed by atoms with Gasteiger partial charge >= 0.3 is 0 Å². The first-order chi connectivity index (χ1) is 11.5. The molecule has 0 aromatic heterocycles. The van der Waals surface area contributed by atoms with Gasteiger partial charge in [-0.3, -0.25) is 4.79 Å². The maximum Gasteiger partial charge on any atom is 0.221 e. The number of hydrazine groups is 1. The zero-order chi connectivity index (χ0) is 17.4. The van der Waals surface area contributed by atoms with Crippen molar-refractivity contribution >= 4 is 13.2 Å². The molecule has 0 unspecified atom stereocenters. The van der Waals surface area contributed by atoms with E-state index in [1.165, 1.54) is 64.7 Å². The zero-order valence-electron chi connectivity index (χ0n) is 15.6. The summed E-state index contributed by atoms with van der Waals surface area (Å²) in [5, 5.41) is 4.58. The van der Waals surface area contributed by atoms with Crippen LogP contribution in [0.1, 0.15) is 84.5 Å². The van der Waals surface area contributed by atoms with Crippen molar-refractivity contribution in [3.8, 4) is 0 Å². The first kappa shape index (κ1) is 19.4. The summed E-state index contributed by atoms with van der Waals surface area (Å²) in [7, 11) is 2.68. The number of nitrogens with zero attached hydrogens (tertiary/aromatic N) is 1. The van der Waals surface area contributed by atoms with E-state index < -0.39 is 0 Å². The smallest absolute Gasteiger partial charge is 0.221 e. The third-order valence-electron chi connectivity index (χ3n) is 5.57. The largest absolute Gasteiger partial charge is 0.329 e. The molecule has 2 saturated carbocycles. The fourth-order valence-corrected chi connectivity index (χ4v) is 4.30. The van der Waals surface area contributed by atoms with Crippen LogP contribution in [0.25, 0.3) is 0 Å². The Balaban J connectivity index is 1.73. The van der Waals surface area contributed by atoms with Gasteiger partial charge in [0.25, 0.3) is 0 Å². The van der Waals surface area contributed by atoms with Crippen molar-refractivity contribution < 1.29 is 4.79 Å². The van der Waals surface area contributed by atoms with Gasteiger partial charge in [0, 0.05) is 24.9 Å². The van der Waals surface area contributed by atoms with E-state index in [4.69, 9.17) is 5.84 Å². The SMILES string of the molecule is CC(=O)N/C(C)=C/N(N)C1CCC([B]C2CCCCCCC2)CC1. The van der Waals surface area contributed by atoms with Gasteiger partial charge in [-0.2, -0.15) is 0 Å². The van der Waals surface area contributed by atoms with Crippen molar-refractivity contribution in [1.29, 1.82) is 0 Å². The first-order valence-corrected chi connectivity index (χ1v) is 9.88. The summed E-state index contributed by atoms with van der Waals surface area (Å²) in [6.45, 7) is 3.41. The molecule has 0 spiro atoms. The maximum absolute atomic E-state index is 11.1. The van der Waals surface area contributed by atoms with E-state index in [1.54, 1.807) is 5.01 Å². The number of allylic oxidation sites excluding steroid dienone is 1. The number of nitrogens with one attached hydrogen (secondary N) is 1. The second-order valence-corrected chi connectivity index (χ2v) is 7.81. The predicted molar refractivity (Wildman–Crippen MR) is 101 cm³/mol. The molecule has 24 heavy (non-hydrogen) atoms. The van der Waals surface area contributed by atoms with Crippen LogP contribution in [-0.2, 0) is 4.79 Å². The topological polar surface area (TPSA) is 58.4 Å². The van der Waals surface area contributed by atoms with Crippen molar-refractivity contribution in [3.63, 3.8) is 0 Å². The van der Waals surface area contributed by atoms with E-state index in [9.17, 15) is 4.79 Å². The monoisotopic (exact) mass is 332 g/mol. The maximum atomic E-state index is 11.1. The molecule has 2 aliphatic carbocycles. The van der Waals surface area contributed by atoms with Crippen LogP contribution >= 0.6 is 0 Å². The average Bonchev–Trinajstić information content (AvgIpc) is 2.49. The van der Waals surface area contributed by atoms with E-state index in [-0.39, 0.29) is 5.91 Å². The molecule has 0 aliphatic heterocycles. The van der Waals surface area contributed by atoms with Crippen LogP contribution in [-0.4, -0.2) is 24.2 Å². The fourth-order valence-electron chi connectivity index (χ4n) is 4.30. The predicted octanol–water partition coefficient (Wildman–Crippen LogP) is 4.13. The second-order valence-electron chi connectivity index (χ2n) is 7.81. The van der Waals surface area contributed by atoms with Crippen LogP contribution in [0.2, 0.25) is 11.6 Å². The molecule has 2 rings (SSSR count). The van der Waals surface area contributed by atoms with Crippen LogP contribution < -0.4 is 11.2 Å². The van der Waals surface area contributed by atoms with Gasteiger partial charge in [0.05, 0.1) is 0 Å². The van der Waals surface area contributed by atoms with Crippen LogP contribution in [0, 0.1) is 0 Å². The number of carbonyl (C=O) groups is 1. The Hall–Kier alpha value is -0.965. The summed E-state index contributed by atoms with van der Waals surface area (Å²) >= 11 is 0. The molecule has 5 heteroatoms. The van der Waals surface area contributed by atoms with E-state index in [0.29, 0.717) is 6.04 Å². The molecule has 1 radical (unpaired) electrons. The van der Waals surface area contributed by atoms with Crippen molar-refractivity contribution in [2.75, 3.05) is 0 Å². The summed E-state index contributed by atoms with van der Waals surface area (Å²) in [5.74, 6) is 7.77. The molecule has 4 nitrogen and oxygen atoms in total. The van der Waals surface area contributed by atoms with E-state index in [0.717, 1.165) is 30.2 Å². The van der Waals surface area contributed by atoms with Gasteiger partial charge in [0.1, 0.15) is 7.28 Å². The Morgan fingerprint density at radius 1 is 0.958 bits per heavy atom. The Kier molecular flexibility index (Phi) is 8.17. The van der Waals surface area contributed by atoms with Crippen molar-refractivity contribution in [3.05, 3.63) is 11.9 Å². The number of amides is 1. The van der Waals surface area contributed by atoms with Gasteiger partial charge in [0.2, 0.25) is 5.91 Å². The minimum Gasteiger partial charge on any atom is -0.329 e. The Labute approximate surface area is 148 Å². The van der Waals surface area contributed by atoms with Crippen LogP contribution in [0.15, 0.2) is 11.9 Å². The Morgan fingerprint density at radius 3 is 2.08 bits per heavy atom. The molecule has 0 aromatic rings. The highest BCUT2D eigenvalue weighted by atomic mass is 16.1. The third kappa shape index (κ3) is 6.88. The van der Waals surface area contributed by atoms with Gasteiger partial charge in [-0.1, -0.05) is 69.4 Å². The summed E-state index contributed by atoms with van der Waals surface area (Å²) < 4.78 is 0. The molecule has 0 bridgehead atoms. The third-order valence-corrected chi connectivity index (χ3v) is 5.57. The quantitative estimate of drug-likeness (QED) is 0.452. The lowest BCUT2D eigenvalue weighted by Gasteiger charge is -2.35. The van der Waals surface area contributed by atoms with E-state index >= 15 is 0 Å². The van der Waals surface area contributed by atoms with Crippen molar-refractivity contribution in [2.45, 2.75) is 102 Å². The van der Waals surface area contributed by atoms with Crippen molar-refractivity contribution in [2.24, 2.45) is 5.84 Å². The Bertz CT molecular complexity index is 411. The Morgan fingerprint density at radius 2 is 1.50 bits per heavy atom. The summed E-state index contributed by atoms with van der Waals surface area (Å²) in [5.41, 5.74) is 0.813. The summed E-state index contributed by atoms with van der Waals surface area (Å²) in [6.07, 6.45) is 16.6. The molecule has 0 saturated heterocycles. The van der Waals surface area contributed by atoms with Crippen molar-refractivity contribution in [1.82, 2.24) is 10.3 Å². The highest BCUT2D eigenvalue weighted by Crippen LogP contribution is 2.36. The number of hydrogen-bond acceptors (Lipinski definition) is 3. The van der Waals surface area contributed by atoms with E-state index in [1.807, 2.05) is 13.1 Å². The second kappa shape index (κ2) is 10.1. The minimum absolute atomic E-state index is 0.0466. The van der Waals surface area contributed by atoms with Gasteiger partial charge in [0.15, 0.2) is 0 Å². The standard InChI is InChI=1S/C19H35BN3O/c1-15(22-16(2)24)14-23(21)19-12-10-18(11-13-19)20-17-8-6-4-3-5-7-9-17/h14,17-19H,3-13,21H2,1-2H3,(H,22,24)/b15-14+. The highest BCUT2D eigenvalue weighted by Gasteiger charge is 2.26. The highest BCUT2D eigenvalue weighted by molar-refractivity contribution is 6.39. The molecule has 0 heterocycles. The molecule has 3 N–H and O–H groups in total. The average molecular weight is 332 g/mol. The van der Waals surface area contributed by atoms with E-state index in [2.05, 4.69) is 12.6 Å². The lowest BCUT2D eigenvalue weighted by molar-refractivity contribution is -0.118. The van der Waals surface area contributed by atoms with Crippen LogP contribution in [0.4, 0.5) is 0 Å². The normalized spacial score (nSPS) is 27.0. The molecule has 1 amide bonds. The van der Waals surface area contributed by atoms with Gasteiger partial charge in [-0.05, 0) is 19.8 Å². The zero-order valence-corrected chi connectivity index (χ0v) is 15.6. The minimum atomic E-state index is -0.0466. The van der Waals surface area contributed by atoms with Gasteiger partial charge < -0.3 is 10.3 Å². The molecular weight excluding hydrogens is 297 g/mol. The van der Waals surface area contributed by atoms with Crippen LogP contribution in [0.3, 0.4) is 0 Å². The van der Waals surface area contributed by atoms with Gasteiger partial charge in [-0.25, -0.2) is 5.84 Å². The lowest BCUT2D eigenvalue weighted by Crippen LogP contribution is -2.40. The molecule has 0 atom stereocenters. The fraction of sp³-hybridized carbons (Fsp3) is 0.842.